The van der Waals surface area contributed by atoms with Crippen molar-refractivity contribution in [2.24, 2.45) is 0 Å². The Morgan fingerprint density at radius 1 is 1.25 bits per heavy atom. The van der Waals surface area contributed by atoms with Gasteiger partial charge in [0.05, 0.1) is 6.54 Å². The summed E-state index contributed by atoms with van der Waals surface area (Å²) in [7, 11) is 0. The van der Waals surface area contributed by atoms with Gasteiger partial charge in [0.15, 0.2) is 5.69 Å². The summed E-state index contributed by atoms with van der Waals surface area (Å²) in [4.78, 5) is 5.65. The number of rotatable bonds is 2. The minimum atomic E-state index is 1.04. The van der Waals surface area contributed by atoms with E-state index in [0.717, 1.165) is 26.2 Å². The van der Waals surface area contributed by atoms with Gasteiger partial charge >= 0.3 is 0 Å². The summed E-state index contributed by atoms with van der Waals surface area (Å²) < 4.78 is 2.29. The highest BCUT2D eigenvalue weighted by atomic mass is 15.2. The molecule has 2 aromatic rings. The van der Waals surface area contributed by atoms with E-state index in [2.05, 4.69) is 57.3 Å². The molecule has 1 aromatic carbocycles. The maximum atomic E-state index is 3.16. The van der Waals surface area contributed by atoms with E-state index in [1.165, 1.54) is 11.3 Å². The average molecular weight is 214 g/mol. The predicted molar refractivity (Wildman–Crippen MR) is 61.5 cm³/mol. The molecule has 1 aliphatic heterocycles. The van der Waals surface area contributed by atoms with E-state index in [4.69, 9.17) is 0 Å². The summed E-state index contributed by atoms with van der Waals surface area (Å²) in [5.74, 6) is 0. The Balaban J connectivity index is 1.71. The number of fused-ring (bicyclic) bond motifs is 1. The van der Waals surface area contributed by atoms with Gasteiger partial charge in [0.25, 0.3) is 0 Å². The predicted octanol–water partition coefficient (Wildman–Crippen LogP) is 1.32. The standard InChI is InChI=1S/C13H15N3/c1-2-4-12(5-3-1)9-15-6-7-16-11-14-8-13(16)10-15/h1-5,8,11H,6-7,9-10H2/p+1. The molecule has 0 amide bonds. The SMILES string of the molecule is c1ccc(CN2CC[n+]3c[nH]cc3C2)cc1. The fourth-order valence-corrected chi connectivity index (χ4v) is 2.27. The highest BCUT2D eigenvalue weighted by Gasteiger charge is 2.20. The summed E-state index contributed by atoms with van der Waals surface area (Å²) in [6, 6.07) is 10.7. The summed E-state index contributed by atoms with van der Waals surface area (Å²) in [6.07, 6.45) is 4.15. The van der Waals surface area contributed by atoms with Crippen LogP contribution in [-0.4, -0.2) is 16.4 Å². The van der Waals surface area contributed by atoms with Crippen LogP contribution in [0.15, 0.2) is 42.9 Å². The Hall–Kier alpha value is -1.61. The van der Waals surface area contributed by atoms with Crippen LogP contribution in [0.2, 0.25) is 0 Å². The lowest BCUT2D eigenvalue weighted by Gasteiger charge is -2.24. The Bertz CT molecular complexity index is 461. The second kappa shape index (κ2) is 4.10. The first-order valence-corrected chi connectivity index (χ1v) is 5.73. The van der Waals surface area contributed by atoms with Crippen LogP contribution in [0.5, 0.6) is 0 Å². The molecular weight excluding hydrogens is 198 g/mol. The fourth-order valence-electron chi connectivity index (χ4n) is 2.27. The Morgan fingerprint density at radius 2 is 2.12 bits per heavy atom. The molecule has 0 spiro atoms. The highest BCUT2D eigenvalue weighted by molar-refractivity contribution is 5.14. The third kappa shape index (κ3) is 1.86. The van der Waals surface area contributed by atoms with Gasteiger partial charge in [-0.15, -0.1) is 0 Å². The number of benzene rings is 1. The van der Waals surface area contributed by atoms with Crippen LogP contribution in [0.25, 0.3) is 0 Å². The molecule has 0 radical (unpaired) electrons. The van der Waals surface area contributed by atoms with E-state index < -0.39 is 0 Å². The van der Waals surface area contributed by atoms with Crippen LogP contribution in [0.1, 0.15) is 11.3 Å². The monoisotopic (exact) mass is 214 g/mol. The Kier molecular flexibility index (Phi) is 2.46. The van der Waals surface area contributed by atoms with Gasteiger partial charge in [0.2, 0.25) is 6.33 Å². The minimum absolute atomic E-state index is 1.04. The van der Waals surface area contributed by atoms with Crippen molar-refractivity contribution in [1.29, 1.82) is 0 Å². The molecule has 0 aliphatic carbocycles. The number of hydrogen-bond acceptors (Lipinski definition) is 1. The molecule has 16 heavy (non-hydrogen) atoms. The summed E-state index contributed by atoms with van der Waals surface area (Å²) in [5, 5.41) is 0. The molecule has 0 bridgehead atoms. The third-order valence-corrected chi connectivity index (χ3v) is 3.14. The molecule has 0 unspecified atom stereocenters. The summed E-state index contributed by atoms with van der Waals surface area (Å²) >= 11 is 0. The molecule has 3 nitrogen and oxygen atoms in total. The fraction of sp³-hybridized carbons (Fsp3) is 0.308. The van der Waals surface area contributed by atoms with Crippen LogP contribution in [0.4, 0.5) is 0 Å². The van der Waals surface area contributed by atoms with Gasteiger partial charge in [0.1, 0.15) is 12.7 Å². The van der Waals surface area contributed by atoms with Gasteiger partial charge in [-0.25, -0.2) is 9.55 Å². The van der Waals surface area contributed by atoms with Crippen molar-refractivity contribution in [2.75, 3.05) is 6.54 Å². The molecule has 0 saturated carbocycles. The Labute approximate surface area is 95.3 Å². The largest absolute Gasteiger partial charge is 0.287 e. The molecule has 1 aliphatic rings. The van der Waals surface area contributed by atoms with Crippen molar-refractivity contribution in [3.05, 3.63) is 54.1 Å². The smallest absolute Gasteiger partial charge is 0.241 e. The third-order valence-electron chi connectivity index (χ3n) is 3.14. The molecule has 0 saturated heterocycles. The number of aromatic amines is 1. The van der Waals surface area contributed by atoms with Crippen LogP contribution >= 0.6 is 0 Å². The van der Waals surface area contributed by atoms with Crippen LogP contribution in [-0.2, 0) is 19.6 Å². The number of aromatic nitrogens is 2. The summed E-state index contributed by atoms with van der Waals surface area (Å²) in [5.41, 5.74) is 2.77. The van der Waals surface area contributed by atoms with E-state index in [1.807, 2.05) is 0 Å². The number of nitrogens with one attached hydrogen (secondary N) is 1. The van der Waals surface area contributed by atoms with Crippen LogP contribution in [0, 0.1) is 0 Å². The first-order chi connectivity index (χ1) is 7.92. The molecule has 0 fully saturated rings. The second-order valence-electron chi connectivity index (χ2n) is 4.32. The van der Waals surface area contributed by atoms with E-state index in [9.17, 15) is 0 Å². The lowest BCUT2D eigenvalue weighted by Crippen LogP contribution is -2.48. The molecular formula is C13H16N3+. The Morgan fingerprint density at radius 3 is 3.00 bits per heavy atom. The molecule has 0 atom stereocenters. The quantitative estimate of drug-likeness (QED) is 0.749. The molecule has 3 heteroatoms. The first-order valence-electron chi connectivity index (χ1n) is 5.73. The summed E-state index contributed by atoms with van der Waals surface area (Å²) in [6.45, 7) is 4.31. The molecule has 3 rings (SSSR count). The minimum Gasteiger partial charge on any atom is -0.287 e. The van der Waals surface area contributed by atoms with Crippen molar-refractivity contribution in [2.45, 2.75) is 19.6 Å². The van der Waals surface area contributed by atoms with Crippen LogP contribution < -0.4 is 4.57 Å². The van der Waals surface area contributed by atoms with Gasteiger partial charge in [-0.2, -0.15) is 0 Å². The second-order valence-corrected chi connectivity index (χ2v) is 4.32. The van der Waals surface area contributed by atoms with E-state index in [0.29, 0.717) is 0 Å². The van der Waals surface area contributed by atoms with Gasteiger partial charge < -0.3 is 0 Å². The van der Waals surface area contributed by atoms with Gasteiger partial charge in [0, 0.05) is 13.1 Å². The van der Waals surface area contributed by atoms with Crippen molar-refractivity contribution >= 4 is 0 Å². The van der Waals surface area contributed by atoms with Crippen molar-refractivity contribution in [3.8, 4) is 0 Å². The highest BCUT2D eigenvalue weighted by Crippen LogP contribution is 2.09. The van der Waals surface area contributed by atoms with E-state index in [1.54, 1.807) is 0 Å². The van der Waals surface area contributed by atoms with Gasteiger partial charge in [-0.05, 0) is 5.56 Å². The zero-order chi connectivity index (χ0) is 10.8. The van der Waals surface area contributed by atoms with Crippen molar-refractivity contribution in [3.63, 3.8) is 0 Å². The van der Waals surface area contributed by atoms with Crippen LogP contribution in [0.3, 0.4) is 0 Å². The first kappa shape index (κ1) is 9.60. The molecule has 1 N–H and O–H groups in total. The van der Waals surface area contributed by atoms with Crippen molar-refractivity contribution in [1.82, 2.24) is 9.88 Å². The normalized spacial score (nSPS) is 16.0. The lowest BCUT2D eigenvalue weighted by molar-refractivity contribution is -0.710. The van der Waals surface area contributed by atoms with E-state index in [-0.39, 0.29) is 0 Å². The van der Waals surface area contributed by atoms with Gasteiger partial charge in [-0.1, -0.05) is 30.3 Å². The lowest BCUT2D eigenvalue weighted by atomic mass is 10.2. The number of hydrogen-bond donors (Lipinski definition) is 1. The topological polar surface area (TPSA) is 22.9 Å². The number of H-pyrrole nitrogens is 1. The van der Waals surface area contributed by atoms with Gasteiger partial charge in [-0.3, -0.25) is 4.90 Å². The zero-order valence-corrected chi connectivity index (χ0v) is 9.26. The average Bonchev–Trinajstić information content (AvgIpc) is 2.77. The zero-order valence-electron chi connectivity index (χ0n) is 9.26. The number of nitrogens with zero attached hydrogens (tertiary/aromatic N) is 2. The van der Waals surface area contributed by atoms with E-state index >= 15 is 0 Å². The molecule has 82 valence electrons. The molecule has 1 aromatic heterocycles. The maximum absolute atomic E-state index is 3.16. The van der Waals surface area contributed by atoms with Crippen molar-refractivity contribution < 1.29 is 4.57 Å². The number of imidazole rings is 1. The maximum Gasteiger partial charge on any atom is 0.241 e. The molecule has 2 heterocycles.